The molecular weight excluding hydrogens is 206 g/mol. The fraction of sp³-hybridized carbons (Fsp3) is 0.667. The molecule has 1 fully saturated rings. The summed E-state index contributed by atoms with van der Waals surface area (Å²) in [5, 5.41) is 3.97. The summed E-state index contributed by atoms with van der Waals surface area (Å²) in [7, 11) is 1.94. The molecule has 84 valence electrons. The van der Waals surface area contributed by atoms with Crippen LogP contribution < -0.4 is 5.32 Å². The second kappa shape index (κ2) is 5.61. The minimum absolute atomic E-state index is 0.827. The van der Waals surface area contributed by atoms with E-state index in [2.05, 4.69) is 29.2 Å². The molecule has 0 aromatic carbocycles. The molecule has 1 aromatic heterocycles. The summed E-state index contributed by atoms with van der Waals surface area (Å²) >= 11 is 2.05. The van der Waals surface area contributed by atoms with Gasteiger partial charge < -0.3 is 9.73 Å². The molecule has 0 aliphatic heterocycles. The van der Waals surface area contributed by atoms with Crippen LogP contribution in [0.2, 0.25) is 0 Å². The molecule has 0 radical (unpaired) electrons. The number of nitrogens with one attached hydrogen (secondary N) is 1. The Hall–Kier alpha value is -0.410. The van der Waals surface area contributed by atoms with Gasteiger partial charge in [-0.15, -0.1) is 0 Å². The van der Waals surface area contributed by atoms with Gasteiger partial charge in [0.25, 0.3) is 0 Å². The smallest absolute Gasteiger partial charge is 0.117 e. The van der Waals surface area contributed by atoms with Crippen LogP contribution in [0.4, 0.5) is 0 Å². The number of rotatable bonds is 5. The Balaban J connectivity index is 1.77. The first-order valence-electron chi connectivity index (χ1n) is 5.72. The van der Waals surface area contributed by atoms with Crippen LogP contribution in [0.25, 0.3) is 0 Å². The first kappa shape index (κ1) is 11.1. The third-order valence-electron chi connectivity index (χ3n) is 2.83. The van der Waals surface area contributed by atoms with Crippen LogP contribution >= 0.6 is 11.8 Å². The van der Waals surface area contributed by atoms with Crippen molar-refractivity contribution >= 4 is 11.8 Å². The Kier molecular flexibility index (Phi) is 4.15. The van der Waals surface area contributed by atoms with Gasteiger partial charge in [0.05, 0.1) is 12.3 Å². The lowest BCUT2D eigenvalue weighted by Crippen LogP contribution is -2.03. The predicted octanol–water partition coefficient (Wildman–Crippen LogP) is 3.17. The van der Waals surface area contributed by atoms with Crippen LogP contribution in [0.3, 0.4) is 0 Å². The largest absolute Gasteiger partial charge is 0.464 e. The van der Waals surface area contributed by atoms with Crippen LogP contribution in [0.1, 0.15) is 37.2 Å². The molecule has 0 saturated heterocycles. The first-order valence-corrected chi connectivity index (χ1v) is 6.77. The van der Waals surface area contributed by atoms with Gasteiger partial charge >= 0.3 is 0 Å². The SMILES string of the molecule is CNCc1ccc(CSC2CCCC2)o1. The van der Waals surface area contributed by atoms with Crippen LogP contribution in [-0.2, 0) is 12.3 Å². The summed E-state index contributed by atoms with van der Waals surface area (Å²) in [5.41, 5.74) is 0. The third-order valence-corrected chi connectivity index (χ3v) is 4.23. The van der Waals surface area contributed by atoms with Crippen LogP contribution in [-0.4, -0.2) is 12.3 Å². The molecule has 1 heterocycles. The van der Waals surface area contributed by atoms with Crippen molar-refractivity contribution in [1.82, 2.24) is 5.32 Å². The van der Waals surface area contributed by atoms with E-state index in [0.29, 0.717) is 0 Å². The lowest BCUT2D eigenvalue weighted by molar-refractivity contribution is 0.468. The Bertz CT molecular complexity index is 292. The minimum atomic E-state index is 0.827. The van der Waals surface area contributed by atoms with E-state index < -0.39 is 0 Å². The molecule has 2 rings (SSSR count). The fourth-order valence-electron chi connectivity index (χ4n) is 2.02. The quantitative estimate of drug-likeness (QED) is 0.833. The zero-order chi connectivity index (χ0) is 10.5. The topological polar surface area (TPSA) is 25.2 Å². The Morgan fingerprint density at radius 2 is 2.07 bits per heavy atom. The van der Waals surface area contributed by atoms with Gasteiger partial charge in [0.2, 0.25) is 0 Å². The van der Waals surface area contributed by atoms with Gasteiger partial charge in [-0.1, -0.05) is 12.8 Å². The second-order valence-electron chi connectivity index (χ2n) is 4.12. The van der Waals surface area contributed by atoms with E-state index in [0.717, 1.165) is 29.1 Å². The van der Waals surface area contributed by atoms with Crippen LogP contribution in [0, 0.1) is 0 Å². The van der Waals surface area contributed by atoms with Crippen molar-refractivity contribution < 1.29 is 4.42 Å². The molecule has 1 N–H and O–H groups in total. The van der Waals surface area contributed by atoms with E-state index in [1.54, 1.807) is 0 Å². The summed E-state index contributed by atoms with van der Waals surface area (Å²) in [6, 6.07) is 4.18. The van der Waals surface area contributed by atoms with Crippen LogP contribution in [0.15, 0.2) is 16.5 Å². The normalized spacial score (nSPS) is 17.4. The summed E-state index contributed by atoms with van der Waals surface area (Å²) in [5.74, 6) is 3.20. The molecule has 0 atom stereocenters. The van der Waals surface area contributed by atoms with Gasteiger partial charge in [-0.05, 0) is 32.0 Å². The molecule has 1 aromatic rings. The van der Waals surface area contributed by atoms with Crippen molar-refractivity contribution in [3.05, 3.63) is 23.7 Å². The average Bonchev–Trinajstić information content (AvgIpc) is 2.85. The average molecular weight is 225 g/mol. The van der Waals surface area contributed by atoms with Gasteiger partial charge in [0, 0.05) is 5.25 Å². The second-order valence-corrected chi connectivity index (χ2v) is 5.40. The van der Waals surface area contributed by atoms with E-state index in [1.807, 2.05) is 7.05 Å². The third kappa shape index (κ3) is 3.28. The highest BCUT2D eigenvalue weighted by Gasteiger charge is 2.15. The minimum Gasteiger partial charge on any atom is -0.464 e. The molecule has 0 spiro atoms. The van der Waals surface area contributed by atoms with E-state index >= 15 is 0 Å². The zero-order valence-electron chi connectivity index (χ0n) is 9.29. The van der Waals surface area contributed by atoms with Gasteiger partial charge in [-0.2, -0.15) is 11.8 Å². The van der Waals surface area contributed by atoms with Gasteiger partial charge in [-0.25, -0.2) is 0 Å². The Morgan fingerprint density at radius 1 is 1.33 bits per heavy atom. The maximum Gasteiger partial charge on any atom is 0.117 e. The monoisotopic (exact) mass is 225 g/mol. The first-order chi connectivity index (χ1) is 7.38. The number of hydrogen-bond acceptors (Lipinski definition) is 3. The van der Waals surface area contributed by atoms with E-state index in [-0.39, 0.29) is 0 Å². The molecule has 0 unspecified atom stereocenters. The highest BCUT2D eigenvalue weighted by atomic mass is 32.2. The molecule has 0 bridgehead atoms. The van der Waals surface area contributed by atoms with Crippen molar-refractivity contribution in [3.63, 3.8) is 0 Å². The summed E-state index contributed by atoms with van der Waals surface area (Å²) in [6.45, 7) is 0.827. The van der Waals surface area contributed by atoms with Crippen molar-refractivity contribution in [2.75, 3.05) is 7.05 Å². The Morgan fingerprint density at radius 3 is 2.80 bits per heavy atom. The van der Waals surface area contributed by atoms with E-state index in [1.165, 1.54) is 25.7 Å². The van der Waals surface area contributed by atoms with E-state index in [9.17, 15) is 0 Å². The lowest BCUT2D eigenvalue weighted by atomic mass is 10.4. The van der Waals surface area contributed by atoms with Gasteiger partial charge in [0.15, 0.2) is 0 Å². The molecule has 1 saturated carbocycles. The maximum absolute atomic E-state index is 5.70. The molecular formula is C12H19NOS. The van der Waals surface area contributed by atoms with Gasteiger partial charge in [-0.3, -0.25) is 0 Å². The number of furan rings is 1. The predicted molar refractivity (Wildman–Crippen MR) is 65.0 cm³/mol. The maximum atomic E-state index is 5.70. The number of thioether (sulfide) groups is 1. The Labute approximate surface area is 95.8 Å². The zero-order valence-corrected chi connectivity index (χ0v) is 10.1. The van der Waals surface area contributed by atoms with Crippen molar-refractivity contribution in [2.45, 2.75) is 43.2 Å². The van der Waals surface area contributed by atoms with Crippen molar-refractivity contribution in [3.8, 4) is 0 Å². The summed E-state index contributed by atoms with van der Waals surface area (Å²) in [4.78, 5) is 0. The standard InChI is InChI=1S/C12H19NOS/c1-13-8-10-6-7-11(14-10)9-15-12-4-2-3-5-12/h6-7,12-13H,2-5,8-9H2,1H3. The fourth-order valence-corrected chi connectivity index (χ4v) is 3.25. The molecule has 1 aliphatic rings. The van der Waals surface area contributed by atoms with Crippen molar-refractivity contribution in [2.24, 2.45) is 0 Å². The highest BCUT2D eigenvalue weighted by Crippen LogP contribution is 2.31. The molecule has 15 heavy (non-hydrogen) atoms. The lowest BCUT2D eigenvalue weighted by Gasteiger charge is -2.06. The summed E-state index contributed by atoms with van der Waals surface area (Å²) in [6.07, 6.45) is 5.63. The summed E-state index contributed by atoms with van der Waals surface area (Å²) < 4.78 is 5.70. The van der Waals surface area contributed by atoms with Crippen molar-refractivity contribution in [1.29, 1.82) is 0 Å². The van der Waals surface area contributed by atoms with E-state index in [4.69, 9.17) is 4.42 Å². The molecule has 3 heteroatoms. The van der Waals surface area contributed by atoms with Crippen LogP contribution in [0.5, 0.6) is 0 Å². The number of hydrogen-bond donors (Lipinski definition) is 1. The molecule has 2 nitrogen and oxygen atoms in total. The highest BCUT2D eigenvalue weighted by molar-refractivity contribution is 7.99. The van der Waals surface area contributed by atoms with Gasteiger partial charge in [0.1, 0.15) is 11.5 Å². The molecule has 0 amide bonds. The molecule has 1 aliphatic carbocycles.